The van der Waals surface area contributed by atoms with Gasteiger partial charge in [-0.2, -0.15) is 0 Å². The van der Waals surface area contributed by atoms with Gasteiger partial charge in [0.1, 0.15) is 12.6 Å². The number of ether oxygens (including phenoxy) is 1. The SMILES string of the molecule is CCCC1CCC(C2CCN(c3cnc(-c4ccc(C[C@H](NC(=O)OCc5ccccc5)C(=O)N5CC(C(=O)O)C5)cc4)nc3)CC2)CC1. The number of carboxylic acid groups (broad SMARTS) is 1. The lowest BCUT2D eigenvalue weighted by molar-refractivity contribution is -0.153. The Labute approximate surface area is 289 Å². The number of carbonyl (C=O) groups is 3. The first-order chi connectivity index (χ1) is 23.9. The molecular formula is C39H49N5O5. The second-order valence-electron chi connectivity index (χ2n) is 14.1. The molecule has 3 heterocycles. The summed E-state index contributed by atoms with van der Waals surface area (Å²) in [4.78, 5) is 50.6. The fourth-order valence-electron chi connectivity index (χ4n) is 7.79. The second-order valence-corrected chi connectivity index (χ2v) is 14.1. The summed E-state index contributed by atoms with van der Waals surface area (Å²) >= 11 is 0. The van der Waals surface area contributed by atoms with E-state index >= 15 is 0 Å². The van der Waals surface area contributed by atoms with Crippen LogP contribution in [0.1, 0.15) is 69.4 Å². The van der Waals surface area contributed by atoms with E-state index in [1.165, 1.54) is 56.3 Å². The smallest absolute Gasteiger partial charge is 0.408 e. The van der Waals surface area contributed by atoms with Gasteiger partial charge in [0.2, 0.25) is 5.91 Å². The van der Waals surface area contributed by atoms with Crippen molar-refractivity contribution in [2.45, 2.75) is 77.4 Å². The molecule has 10 heteroatoms. The lowest BCUT2D eigenvalue weighted by Gasteiger charge is -2.39. The van der Waals surface area contributed by atoms with Crippen molar-refractivity contribution in [1.82, 2.24) is 20.2 Å². The fraction of sp³-hybridized carbons (Fsp3) is 0.513. The molecule has 0 unspecified atom stereocenters. The summed E-state index contributed by atoms with van der Waals surface area (Å²) in [6.07, 6.45) is 14.2. The van der Waals surface area contributed by atoms with E-state index in [0.717, 1.165) is 53.2 Å². The molecule has 3 aromatic rings. The van der Waals surface area contributed by atoms with Crippen LogP contribution in [0.5, 0.6) is 0 Å². The third kappa shape index (κ3) is 8.96. The average Bonchev–Trinajstić information content (AvgIpc) is 3.11. The normalized spacial score (nSPS) is 20.7. The highest BCUT2D eigenvalue weighted by Gasteiger charge is 2.39. The number of carboxylic acids is 1. The van der Waals surface area contributed by atoms with Gasteiger partial charge in [0, 0.05) is 38.2 Å². The second kappa shape index (κ2) is 16.3. The van der Waals surface area contributed by atoms with Gasteiger partial charge in [-0.3, -0.25) is 9.59 Å². The van der Waals surface area contributed by atoms with Crippen LogP contribution in [0.2, 0.25) is 0 Å². The fourth-order valence-corrected chi connectivity index (χ4v) is 7.79. The van der Waals surface area contributed by atoms with E-state index in [0.29, 0.717) is 5.82 Å². The number of nitrogens with zero attached hydrogens (tertiary/aromatic N) is 4. The van der Waals surface area contributed by atoms with Crippen LogP contribution >= 0.6 is 0 Å². The van der Waals surface area contributed by atoms with Gasteiger partial charge >= 0.3 is 12.1 Å². The number of aliphatic carboxylic acids is 1. The summed E-state index contributed by atoms with van der Waals surface area (Å²) in [6.45, 7) is 4.73. The van der Waals surface area contributed by atoms with Crippen molar-refractivity contribution >= 4 is 23.7 Å². The van der Waals surface area contributed by atoms with Crippen LogP contribution in [-0.2, 0) is 27.4 Å². The van der Waals surface area contributed by atoms with E-state index in [9.17, 15) is 19.5 Å². The molecule has 10 nitrogen and oxygen atoms in total. The minimum Gasteiger partial charge on any atom is -0.481 e. The van der Waals surface area contributed by atoms with E-state index in [4.69, 9.17) is 14.7 Å². The number of likely N-dealkylation sites (tertiary alicyclic amines) is 1. The number of benzene rings is 2. The molecule has 0 spiro atoms. The number of nitrogens with one attached hydrogen (secondary N) is 1. The van der Waals surface area contributed by atoms with Crippen molar-refractivity contribution < 1.29 is 24.2 Å². The van der Waals surface area contributed by atoms with Crippen LogP contribution in [0, 0.1) is 23.7 Å². The molecule has 0 radical (unpaired) electrons. The average molecular weight is 668 g/mol. The van der Waals surface area contributed by atoms with E-state index in [-0.39, 0.29) is 32.0 Å². The highest BCUT2D eigenvalue weighted by molar-refractivity contribution is 5.88. The van der Waals surface area contributed by atoms with Crippen molar-refractivity contribution in [3.63, 3.8) is 0 Å². The number of anilines is 1. The van der Waals surface area contributed by atoms with Gasteiger partial charge in [0.05, 0.1) is 24.0 Å². The molecule has 1 aliphatic carbocycles. The lowest BCUT2D eigenvalue weighted by atomic mass is 9.72. The van der Waals surface area contributed by atoms with Gasteiger partial charge in [-0.25, -0.2) is 14.8 Å². The summed E-state index contributed by atoms with van der Waals surface area (Å²) in [6, 6.07) is 16.0. The Morgan fingerprint density at radius 3 is 2.16 bits per heavy atom. The molecular weight excluding hydrogens is 618 g/mol. The molecule has 0 bridgehead atoms. The molecule has 2 N–H and O–H groups in total. The van der Waals surface area contributed by atoms with Gasteiger partial charge in [-0.15, -0.1) is 0 Å². The summed E-state index contributed by atoms with van der Waals surface area (Å²) in [7, 11) is 0. The zero-order valence-electron chi connectivity index (χ0n) is 28.5. The van der Waals surface area contributed by atoms with E-state index in [1.54, 1.807) is 0 Å². The van der Waals surface area contributed by atoms with Gasteiger partial charge in [-0.05, 0) is 54.6 Å². The van der Waals surface area contributed by atoms with Crippen LogP contribution < -0.4 is 10.2 Å². The Hall–Kier alpha value is -4.47. The van der Waals surface area contributed by atoms with E-state index < -0.39 is 24.0 Å². The van der Waals surface area contributed by atoms with E-state index in [2.05, 4.69) is 17.1 Å². The predicted molar refractivity (Wildman–Crippen MR) is 188 cm³/mol. The van der Waals surface area contributed by atoms with Crippen molar-refractivity contribution in [2.24, 2.45) is 23.7 Å². The largest absolute Gasteiger partial charge is 0.481 e. The standard InChI is InChI=1S/C39H49N5O5/c1-2-6-27-9-13-30(14-10-27)31-17-19-43(20-18-31)34-22-40-36(41-23-34)32-15-11-28(12-16-32)21-35(37(45)44-24-33(25-44)38(46)47)42-39(48)49-26-29-7-4-3-5-8-29/h3-5,7-8,11-12,15-16,22-23,27,30-31,33,35H,2,6,9-10,13-14,17-21,24-26H2,1H3,(H,42,48)(H,46,47)/t27?,30?,35-/m0/s1. The Morgan fingerprint density at radius 2 is 1.53 bits per heavy atom. The number of hydrogen-bond donors (Lipinski definition) is 2. The summed E-state index contributed by atoms with van der Waals surface area (Å²) in [5, 5.41) is 12.0. The Morgan fingerprint density at radius 1 is 0.878 bits per heavy atom. The summed E-state index contributed by atoms with van der Waals surface area (Å²) in [5.41, 5.74) is 3.59. The monoisotopic (exact) mass is 667 g/mol. The summed E-state index contributed by atoms with van der Waals surface area (Å²) < 4.78 is 5.38. The lowest BCUT2D eigenvalue weighted by Crippen LogP contribution is -2.59. The first kappa shape index (κ1) is 34.4. The molecule has 1 aromatic heterocycles. The highest BCUT2D eigenvalue weighted by Crippen LogP contribution is 2.39. The Kier molecular flexibility index (Phi) is 11.4. The first-order valence-corrected chi connectivity index (χ1v) is 18.0. The molecule has 2 aromatic carbocycles. The number of hydrogen-bond acceptors (Lipinski definition) is 7. The number of piperidine rings is 1. The third-order valence-corrected chi connectivity index (χ3v) is 10.8. The van der Waals surface area contributed by atoms with Crippen molar-refractivity contribution in [2.75, 3.05) is 31.1 Å². The van der Waals surface area contributed by atoms with Crippen molar-refractivity contribution in [1.29, 1.82) is 0 Å². The number of carbonyl (C=O) groups excluding carboxylic acids is 2. The van der Waals surface area contributed by atoms with Crippen LogP contribution in [0.25, 0.3) is 11.4 Å². The minimum atomic E-state index is -0.929. The maximum atomic E-state index is 13.3. The molecule has 3 aliphatic rings. The molecule has 2 aliphatic heterocycles. The van der Waals surface area contributed by atoms with Crippen LogP contribution in [0.15, 0.2) is 67.0 Å². The van der Waals surface area contributed by atoms with Crippen LogP contribution in [-0.4, -0.2) is 70.2 Å². The molecule has 6 rings (SSSR count). The van der Waals surface area contributed by atoms with Gasteiger partial charge in [-0.1, -0.05) is 87.2 Å². The maximum absolute atomic E-state index is 13.3. The highest BCUT2D eigenvalue weighted by atomic mass is 16.5. The number of alkyl carbamates (subject to hydrolysis) is 1. The molecule has 49 heavy (non-hydrogen) atoms. The number of amides is 2. The summed E-state index contributed by atoms with van der Waals surface area (Å²) in [5.74, 6) is 1.47. The van der Waals surface area contributed by atoms with Gasteiger partial charge in [0.15, 0.2) is 5.82 Å². The number of rotatable bonds is 12. The molecule has 1 atom stereocenters. The third-order valence-electron chi connectivity index (χ3n) is 10.8. The maximum Gasteiger partial charge on any atom is 0.408 e. The molecule has 1 saturated carbocycles. The van der Waals surface area contributed by atoms with Gasteiger partial charge < -0.3 is 25.0 Å². The van der Waals surface area contributed by atoms with Gasteiger partial charge in [0.25, 0.3) is 0 Å². The minimum absolute atomic E-state index is 0.0736. The molecule has 2 saturated heterocycles. The zero-order valence-corrected chi connectivity index (χ0v) is 28.5. The Balaban J connectivity index is 1.03. The van der Waals surface area contributed by atoms with Crippen molar-refractivity contribution in [3.05, 3.63) is 78.1 Å². The molecule has 3 fully saturated rings. The van der Waals surface area contributed by atoms with Crippen LogP contribution in [0.3, 0.4) is 0 Å². The Bertz CT molecular complexity index is 1530. The predicted octanol–water partition coefficient (Wildman–Crippen LogP) is 6.35. The molecule has 260 valence electrons. The number of aromatic nitrogens is 2. The quantitative estimate of drug-likeness (QED) is 0.229. The zero-order chi connectivity index (χ0) is 34.2. The first-order valence-electron chi connectivity index (χ1n) is 18.0. The van der Waals surface area contributed by atoms with E-state index in [1.807, 2.05) is 67.0 Å². The van der Waals surface area contributed by atoms with Crippen molar-refractivity contribution in [3.8, 4) is 11.4 Å². The topological polar surface area (TPSA) is 125 Å². The van der Waals surface area contributed by atoms with Crippen LogP contribution in [0.4, 0.5) is 10.5 Å². The molecule has 2 amide bonds.